The Labute approximate surface area is 112 Å². The lowest BCUT2D eigenvalue weighted by atomic mass is 9.99. The van der Waals surface area contributed by atoms with Gasteiger partial charge in [0.05, 0.1) is 5.56 Å². The van der Waals surface area contributed by atoms with Gasteiger partial charge in [0.15, 0.2) is 0 Å². The first-order valence-corrected chi connectivity index (χ1v) is 6.80. The number of aryl methyl sites for hydroxylation is 1. The molecule has 2 N–H and O–H groups in total. The lowest BCUT2D eigenvalue weighted by Crippen LogP contribution is -2.22. The number of carbonyl (C=O) groups is 1. The van der Waals surface area contributed by atoms with Crippen LogP contribution in [0.5, 0.6) is 5.75 Å². The molecule has 0 heterocycles. The van der Waals surface area contributed by atoms with Gasteiger partial charge in [-0.15, -0.1) is 0 Å². The third-order valence-corrected chi connectivity index (χ3v) is 4.29. The molecule has 2 fully saturated rings. The molecule has 2 saturated carbocycles. The van der Waals surface area contributed by atoms with Crippen molar-refractivity contribution in [2.75, 3.05) is 0 Å². The van der Waals surface area contributed by atoms with Crippen molar-refractivity contribution in [3.05, 3.63) is 29.3 Å². The van der Waals surface area contributed by atoms with E-state index in [4.69, 9.17) is 0 Å². The molecule has 2 aliphatic carbocycles. The van der Waals surface area contributed by atoms with Crippen molar-refractivity contribution in [1.29, 1.82) is 0 Å². The Kier molecular flexibility index (Phi) is 3.01. The minimum atomic E-state index is -0.337. The standard InChI is InChI=1S/C15H18N2O2/c1-9-3-2-4-12(14(9)18)15(19)17-16-13-8-10-5-6-11(13)7-10/h2-4,10-11,18H,5-8H2,1H3,(H,17,19)/b16-13+/t10-,11-/m1/s1. The highest BCUT2D eigenvalue weighted by Crippen LogP contribution is 2.42. The van der Waals surface area contributed by atoms with Gasteiger partial charge >= 0.3 is 0 Å². The summed E-state index contributed by atoms with van der Waals surface area (Å²) in [5.41, 5.74) is 4.68. The second kappa shape index (κ2) is 4.68. The lowest BCUT2D eigenvalue weighted by molar-refractivity contribution is 0.0951. The first-order chi connectivity index (χ1) is 9.15. The normalized spacial score (nSPS) is 26.9. The largest absolute Gasteiger partial charge is 0.507 e. The molecule has 0 saturated heterocycles. The average Bonchev–Trinajstić information content (AvgIpc) is 3.01. The molecule has 0 spiro atoms. The quantitative estimate of drug-likeness (QED) is 0.801. The maximum absolute atomic E-state index is 12.0. The highest BCUT2D eigenvalue weighted by Gasteiger charge is 2.36. The average molecular weight is 258 g/mol. The molecule has 1 amide bonds. The topological polar surface area (TPSA) is 61.7 Å². The van der Waals surface area contributed by atoms with Gasteiger partial charge in [-0.2, -0.15) is 5.10 Å². The highest BCUT2D eigenvalue weighted by molar-refractivity contribution is 5.98. The molecule has 1 aromatic carbocycles. The number of phenolic OH excluding ortho intramolecular Hbond substituents is 1. The zero-order chi connectivity index (χ0) is 13.4. The number of fused-ring (bicyclic) bond motifs is 2. The van der Waals surface area contributed by atoms with Crippen LogP contribution in [0, 0.1) is 18.8 Å². The number of para-hydroxylation sites is 1. The fourth-order valence-electron chi connectivity index (χ4n) is 3.19. The first-order valence-electron chi connectivity index (χ1n) is 6.80. The van der Waals surface area contributed by atoms with Crippen molar-refractivity contribution in [2.45, 2.75) is 32.6 Å². The Morgan fingerprint density at radius 2 is 2.26 bits per heavy atom. The number of carbonyl (C=O) groups excluding carboxylic acids is 1. The maximum Gasteiger partial charge on any atom is 0.275 e. The summed E-state index contributed by atoms with van der Waals surface area (Å²) in [6.45, 7) is 1.77. The summed E-state index contributed by atoms with van der Waals surface area (Å²) in [4.78, 5) is 12.0. The predicted molar refractivity (Wildman–Crippen MR) is 73.2 cm³/mol. The minimum absolute atomic E-state index is 0.0353. The van der Waals surface area contributed by atoms with Crippen LogP contribution in [-0.2, 0) is 0 Å². The Morgan fingerprint density at radius 3 is 2.95 bits per heavy atom. The van der Waals surface area contributed by atoms with Gasteiger partial charge in [0.2, 0.25) is 0 Å². The summed E-state index contributed by atoms with van der Waals surface area (Å²) in [5.74, 6) is 1.04. The SMILES string of the molecule is Cc1cccc(C(=O)N/N=C2\C[C@@H]3CC[C@@H]2C3)c1O. The van der Waals surface area contributed by atoms with Crippen molar-refractivity contribution >= 4 is 11.6 Å². The van der Waals surface area contributed by atoms with E-state index in [2.05, 4.69) is 10.5 Å². The predicted octanol–water partition coefficient (Wildman–Crippen LogP) is 2.61. The Hall–Kier alpha value is -1.84. The molecule has 3 rings (SSSR count). The fraction of sp³-hybridized carbons (Fsp3) is 0.467. The van der Waals surface area contributed by atoms with E-state index < -0.39 is 0 Å². The Balaban J connectivity index is 1.72. The molecule has 2 atom stereocenters. The van der Waals surface area contributed by atoms with Crippen molar-refractivity contribution in [1.82, 2.24) is 5.43 Å². The molecule has 100 valence electrons. The smallest absolute Gasteiger partial charge is 0.275 e. The molecule has 0 aliphatic heterocycles. The molecule has 0 aromatic heterocycles. The van der Waals surface area contributed by atoms with E-state index in [1.54, 1.807) is 25.1 Å². The van der Waals surface area contributed by atoms with E-state index >= 15 is 0 Å². The number of aromatic hydroxyl groups is 1. The van der Waals surface area contributed by atoms with E-state index in [0.717, 1.165) is 18.1 Å². The van der Waals surface area contributed by atoms with Gasteiger partial charge in [0.1, 0.15) is 5.75 Å². The molecule has 2 aliphatic rings. The summed E-state index contributed by atoms with van der Waals surface area (Å²) in [5, 5.41) is 14.1. The number of nitrogens with zero attached hydrogens (tertiary/aromatic N) is 1. The summed E-state index contributed by atoms with van der Waals surface area (Å²) in [6, 6.07) is 5.14. The van der Waals surface area contributed by atoms with E-state index in [0.29, 0.717) is 11.5 Å². The second-order valence-corrected chi connectivity index (χ2v) is 5.60. The van der Waals surface area contributed by atoms with Gasteiger partial charge < -0.3 is 5.11 Å². The van der Waals surface area contributed by atoms with Crippen LogP contribution in [0.15, 0.2) is 23.3 Å². The van der Waals surface area contributed by atoms with Crippen LogP contribution in [-0.4, -0.2) is 16.7 Å². The van der Waals surface area contributed by atoms with Crippen LogP contribution < -0.4 is 5.43 Å². The van der Waals surface area contributed by atoms with E-state index in [1.165, 1.54) is 19.3 Å². The van der Waals surface area contributed by atoms with Gasteiger partial charge in [-0.25, -0.2) is 5.43 Å². The van der Waals surface area contributed by atoms with Crippen LogP contribution in [0.2, 0.25) is 0 Å². The number of amides is 1. The molecular formula is C15H18N2O2. The van der Waals surface area contributed by atoms with Crippen molar-refractivity contribution in [2.24, 2.45) is 16.9 Å². The van der Waals surface area contributed by atoms with Gasteiger partial charge in [-0.3, -0.25) is 4.79 Å². The van der Waals surface area contributed by atoms with Crippen LogP contribution in [0.1, 0.15) is 41.6 Å². The number of hydrogen-bond donors (Lipinski definition) is 2. The number of hydrogen-bond acceptors (Lipinski definition) is 3. The van der Waals surface area contributed by atoms with Crippen molar-refractivity contribution in [3.8, 4) is 5.75 Å². The summed E-state index contributed by atoms with van der Waals surface area (Å²) in [7, 11) is 0. The molecule has 4 nitrogen and oxygen atoms in total. The third kappa shape index (κ3) is 2.23. The van der Waals surface area contributed by atoms with Crippen LogP contribution in [0.4, 0.5) is 0 Å². The molecule has 2 bridgehead atoms. The van der Waals surface area contributed by atoms with Crippen molar-refractivity contribution < 1.29 is 9.90 Å². The number of phenols is 1. The van der Waals surface area contributed by atoms with Crippen molar-refractivity contribution in [3.63, 3.8) is 0 Å². The minimum Gasteiger partial charge on any atom is -0.507 e. The van der Waals surface area contributed by atoms with Crippen LogP contribution in [0.3, 0.4) is 0 Å². The highest BCUT2D eigenvalue weighted by atomic mass is 16.3. The maximum atomic E-state index is 12.0. The molecular weight excluding hydrogens is 240 g/mol. The number of nitrogens with one attached hydrogen (secondary N) is 1. The molecule has 4 heteroatoms. The van der Waals surface area contributed by atoms with Gasteiger partial charge in [0.25, 0.3) is 5.91 Å². The molecule has 1 aromatic rings. The zero-order valence-electron chi connectivity index (χ0n) is 11.0. The molecule has 0 unspecified atom stereocenters. The lowest BCUT2D eigenvalue weighted by Gasteiger charge is -2.12. The summed E-state index contributed by atoms with van der Waals surface area (Å²) < 4.78 is 0. The summed E-state index contributed by atoms with van der Waals surface area (Å²) in [6.07, 6.45) is 4.75. The number of benzene rings is 1. The molecule has 0 radical (unpaired) electrons. The fourth-order valence-corrected chi connectivity index (χ4v) is 3.19. The van der Waals surface area contributed by atoms with Crippen LogP contribution in [0.25, 0.3) is 0 Å². The number of hydrazone groups is 1. The van der Waals surface area contributed by atoms with Gasteiger partial charge in [-0.1, -0.05) is 12.1 Å². The first kappa shape index (κ1) is 12.2. The Bertz CT molecular complexity index is 551. The van der Waals surface area contributed by atoms with E-state index in [9.17, 15) is 9.90 Å². The van der Waals surface area contributed by atoms with Gasteiger partial charge in [0, 0.05) is 5.71 Å². The zero-order valence-corrected chi connectivity index (χ0v) is 11.0. The summed E-state index contributed by atoms with van der Waals surface area (Å²) >= 11 is 0. The number of rotatable bonds is 2. The Morgan fingerprint density at radius 1 is 1.42 bits per heavy atom. The van der Waals surface area contributed by atoms with E-state index in [1.807, 2.05) is 0 Å². The van der Waals surface area contributed by atoms with Crippen LogP contribution >= 0.6 is 0 Å². The second-order valence-electron chi connectivity index (χ2n) is 5.60. The van der Waals surface area contributed by atoms with Gasteiger partial charge in [-0.05, 0) is 56.1 Å². The van der Waals surface area contributed by atoms with E-state index in [-0.39, 0.29) is 17.2 Å². The third-order valence-electron chi connectivity index (χ3n) is 4.29. The molecule has 19 heavy (non-hydrogen) atoms. The monoisotopic (exact) mass is 258 g/mol.